The Balaban J connectivity index is 2.46. The molecule has 0 saturated carbocycles. The first-order valence-electron chi connectivity index (χ1n) is 6.87. The molecule has 1 aromatic carbocycles. The summed E-state index contributed by atoms with van der Waals surface area (Å²) in [6.45, 7) is 11.4. The normalized spacial score (nSPS) is 11.0. The van der Waals surface area contributed by atoms with Gasteiger partial charge in [0.2, 0.25) is 0 Å². The molecule has 0 fully saturated rings. The van der Waals surface area contributed by atoms with Crippen molar-refractivity contribution in [1.82, 2.24) is 10.2 Å². The van der Waals surface area contributed by atoms with Gasteiger partial charge in [0.05, 0.1) is 0 Å². The van der Waals surface area contributed by atoms with Crippen molar-refractivity contribution in [3.05, 3.63) is 42.5 Å². The molecule has 1 rings (SSSR count). The molecule has 1 aromatic rings. The first-order chi connectivity index (χ1) is 9.13. The third-order valence-corrected chi connectivity index (χ3v) is 2.84. The highest BCUT2D eigenvalue weighted by atomic mass is 16.5. The Morgan fingerprint density at radius 3 is 2.79 bits per heavy atom. The second-order valence-electron chi connectivity index (χ2n) is 5.04. The molecule has 106 valence electrons. The number of rotatable bonds is 9. The van der Waals surface area contributed by atoms with Gasteiger partial charge in [0, 0.05) is 31.2 Å². The van der Waals surface area contributed by atoms with Gasteiger partial charge < -0.3 is 10.1 Å². The molecular weight excluding hydrogens is 236 g/mol. The summed E-state index contributed by atoms with van der Waals surface area (Å²) in [6.07, 6.45) is 1.90. The molecule has 0 aliphatic carbocycles. The number of hydrogen-bond acceptors (Lipinski definition) is 3. The molecule has 0 unspecified atom stereocenters. The molecule has 0 heterocycles. The summed E-state index contributed by atoms with van der Waals surface area (Å²) >= 11 is 0. The molecule has 0 atom stereocenters. The molecule has 0 spiro atoms. The minimum atomic E-state index is 0.479. The van der Waals surface area contributed by atoms with E-state index < -0.39 is 0 Å². The summed E-state index contributed by atoms with van der Waals surface area (Å²) in [5.41, 5.74) is 1.21. The third-order valence-electron chi connectivity index (χ3n) is 2.84. The van der Waals surface area contributed by atoms with Crippen molar-refractivity contribution >= 4 is 0 Å². The highest BCUT2D eigenvalue weighted by molar-refractivity contribution is 5.33. The van der Waals surface area contributed by atoms with E-state index >= 15 is 0 Å². The van der Waals surface area contributed by atoms with Gasteiger partial charge in [0.15, 0.2) is 0 Å². The van der Waals surface area contributed by atoms with Crippen molar-refractivity contribution in [2.45, 2.75) is 26.4 Å². The third kappa shape index (κ3) is 6.41. The smallest absolute Gasteiger partial charge is 0.123 e. The van der Waals surface area contributed by atoms with E-state index in [2.05, 4.69) is 43.8 Å². The highest BCUT2D eigenvalue weighted by Crippen LogP contribution is 2.17. The Morgan fingerprint density at radius 2 is 2.11 bits per heavy atom. The summed E-state index contributed by atoms with van der Waals surface area (Å²) in [7, 11) is 2.07. The number of likely N-dealkylation sites (N-methyl/N-ethyl adjacent to an activating group) is 1. The zero-order chi connectivity index (χ0) is 14.1. The van der Waals surface area contributed by atoms with Crippen LogP contribution in [0.5, 0.6) is 5.75 Å². The van der Waals surface area contributed by atoms with Crippen LogP contribution in [0.4, 0.5) is 0 Å². The maximum absolute atomic E-state index is 5.87. The molecule has 0 bridgehead atoms. The fourth-order valence-electron chi connectivity index (χ4n) is 1.73. The highest BCUT2D eigenvalue weighted by Gasteiger charge is 2.04. The van der Waals surface area contributed by atoms with E-state index in [1.54, 1.807) is 0 Å². The van der Waals surface area contributed by atoms with Crippen LogP contribution in [0, 0.1) is 0 Å². The Kier molecular flexibility index (Phi) is 7.23. The lowest BCUT2D eigenvalue weighted by Crippen LogP contribution is -2.25. The maximum Gasteiger partial charge on any atom is 0.123 e. The SMILES string of the molecule is C=CCN(C)CCOc1ccccc1CNC(C)C. The van der Waals surface area contributed by atoms with Crippen molar-refractivity contribution in [3.8, 4) is 5.75 Å². The Morgan fingerprint density at radius 1 is 1.37 bits per heavy atom. The lowest BCUT2D eigenvalue weighted by atomic mass is 10.2. The molecule has 0 aromatic heterocycles. The summed E-state index contributed by atoms with van der Waals surface area (Å²) < 4.78 is 5.87. The van der Waals surface area contributed by atoms with Crippen LogP contribution < -0.4 is 10.1 Å². The van der Waals surface area contributed by atoms with Gasteiger partial charge in [-0.3, -0.25) is 4.90 Å². The molecule has 1 N–H and O–H groups in total. The monoisotopic (exact) mass is 262 g/mol. The quantitative estimate of drug-likeness (QED) is 0.693. The Bertz CT molecular complexity index is 377. The first-order valence-corrected chi connectivity index (χ1v) is 6.87. The van der Waals surface area contributed by atoms with E-state index in [9.17, 15) is 0 Å². The molecule has 0 saturated heterocycles. The van der Waals surface area contributed by atoms with Gasteiger partial charge in [-0.2, -0.15) is 0 Å². The molecular formula is C16H26N2O. The molecule has 0 aliphatic rings. The lowest BCUT2D eigenvalue weighted by molar-refractivity contribution is 0.247. The van der Waals surface area contributed by atoms with Crippen molar-refractivity contribution in [1.29, 1.82) is 0 Å². The van der Waals surface area contributed by atoms with Gasteiger partial charge in [-0.1, -0.05) is 38.1 Å². The number of benzene rings is 1. The molecule has 0 amide bonds. The van der Waals surface area contributed by atoms with Gasteiger partial charge in [-0.25, -0.2) is 0 Å². The van der Waals surface area contributed by atoms with Crippen molar-refractivity contribution in [2.75, 3.05) is 26.7 Å². The maximum atomic E-state index is 5.87. The van der Waals surface area contributed by atoms with E-state index in [4.69, 9.17) is 4.74 Å². The topological polar surface area (TPSA) is 24.5 Å². The Hall–Kier alpha value is -1.32. The average Bonchev–Trinajstić information content (AvgIpc) is 2.38. The van der Waals surface area contributed by atoms with Crippen LogP contribution in [0.2, 0.25) is 0 Å². The van der Waals surface area contributed by atoms with E-state index in [0.717, 1.165) is 25.4 Å². The van der Waals surface area contributed by atoms with Crippen LogP contribution in [0.3, 0.4) is 0 Å². The van der Waals surface area contributed by atoms with E-state index in [1.807, 2.05) is 24.3 Å². The van der Waals surface area contributed by atoms with Gasteiger partial charge in [-0.05, 0) is 13.1 Å². The summed E-state index contributed by atoms with van der Waals surface area (Å²) in [6, 6.07) is 8.69. The molecule has 3 heteroatoms. The molecule has 0 aliphatic heterocycles. The number of ether oxygens (including phenoxy) is 1. The number of nitrogens with one attached hydrogen (secondary N) is 1. The van der Waals surface area contributed by atoms with Gasteiger partial charge in [0.25, 0.3) is 0 Å². The molecule has 19 heavy (non-hydrogen) atoms. The van der Waals surface area contributed by atoms with E-state index in [0.29, 0.717) is 12.6 Å². The summed E-state index contributed by atoms with van der Waals surface area (Å²) in [5, 5.41) is 3.42. The largest absolute Gasteiger partial charge is 0.492 e. The van der Waals surface area contributed by atoms with Crippen LogP contribution in [0.25, 0.3) is 0 Å². The predicted molar refractivity (Wildman–Crippen MR) is 81.6 cm³/mol. The van der Waals surface area contributed by atoms with Gasteiger partial charge in [0.1, 0.15) is 12.4 Å². The van der Waals surface area contributed by atoms with Crippen molar-refractivity contribution < 1.29 is 4.74 Å². The second-order valence-corrected chi connectivity index (χ2v) is 5.04. The number of hydrogen-bond donors (Lipinski definition) is 1. The second kappa shape index (κ2) is 8.73. The van der Waals surface area contributed by atoms with Crippen molar-refractivity contribution in [2.24, 2.45) is 0 Å². The van der Waals surface area contributed by atoms with Crippen LogP contribution in [-0.4, -0.2) is 37.7 Å². The zero-order valence-electron chi connectivity index (χ0n) is 12.4. The minimum Gasteiger partial charge on any atom is -0.492 e. The van der Waals surface area contributed by atoms with Crippen LogP contribution in [-0.2, 0) is 6.54 Å². The van der Waals surface area contributed by atoms with E-state index in [-0.39, 0.29) is 0 Å². The summed E-state index contributed by atoms with van der Waals surface area (Å²) in [4.78, 5) is 2.18. The molecule has 0 radical (unpaired) electrons. The van der Waals surface area contributed by atoms with Gasteiger partial charge in [-0.15, -0.1) is 6.58 Å². The van der Waals surface area contributed by atoms with Crippen LogP contribution in [0.15, 0.2) is 36.9 Å². The average molecular weight is 262 g/mol. The van der Waals surface area contributed by atoms with Gasteiger partial charge >= 0.3 is 0 Å². The fraction of sp³-hybridized carbons (Fsp3) is 0.500. The minimum absolute atomic E-state index is 0.479. The molecule has 3 nitrogen and oxygen atoms in total. The first kappa shape index (κ1) is 15.7. The van der Waals surface area contributed by atoms with Crippen LogP contribution >= 0.6 is 0 Å². The van der Waals surface area contributed by atoms with Crippen LogP contribution in [0.1, 0.15) is 19.4 Å². The standard InChI is InChI=1S/C16H26N2O/c1-5-10-18(4)11-12-19-16-9-7-6-8-15(16)13-17-14(2)3/h5-9,14,17H,1,10-13H2,2-4H3. The van der Waals surface area contributed by atoms with E-state index in [1.165, 1.54) is 5.56 Å². The number of para-hydroxylation sites is 1. The summed E-state index contributed by atoms with van der Waals surface area (Å²) in [5.74, 6) is 0.975. The van der Waals surface area contributed by atoms with Crippen molar-refractivity contribution in [3.63, 3.8) is 0 Å². The Labute approximate surface area is 117 Å². The zero-order valence-corrected chi connectivity index (χ0v) is 12.4. The number of nitrogens with zero attached hydrogens (tertiary/aromatic N) is 1. The predicted octanol–water partition coefficient (Wildman–Crippen LogP) is 2.68. The fourth-order valence-corrected chi connectivity index (χ4v) is 1.73. The lowest BCUT2D eigenvalue weighted by Gasteiger charge is -2.17.